The molecule has 0 saturated carbocycles. The van der Waals surface area contributed by atoms with Crippen LogP contribution in [0.5, 0.6) is 0 Å². The lowest BCUT2D eigenvalue weighted by atomic mass is 9.80. The highest BCUT2D eigenvalue weighted by molar-refractivity contribution is 5.86. The summed E-state index contributed by atoms with van der Waals surface area (Å²) < 4.78 is 16.9. The minimum Gasteiger partial charge on any atom is -0.464 e. The fraction of sp³-hybridized carbons (Fsp3) is 0.562. The van der Waals surface area contributed by atoms with Crippen LogP contribution in [0.4, 0.5) is 0 Å². The second-order valence-corrected chi connectivity index (χ2v) is 5.38. The molecule has 0 bridgehead atoms. The third kappa shape index (κ3) is 1.71. The number of hydrogen-bond acceptors (Lipinski definition) is 4. The molecule has 4 nitrogen and oxygen atoms in total. The van der Waals surface area contributed by atoms with Crippen molar-refractivity contribution in [3.63, 3.8) is 0 Å². The number of benzene rings is 1. The molecule has 2 aliphatic heterocycles. The summed E-state index contributed by atoms with van der Waals surface area (Å²) in [5.74, 6) is -0.262. The summed E-state index contributed by atoms with van der Waals surface area (Å²) in [6.07, 6.45) is 1.52. The Kier molecular flexibility index (Phi) is 3.30. The van der Waals surface area contributed by atoms with Crippen LogP contribution in [0, 0.1) is 0 Å². The zero-order valence-electron chi connectivity index (χ0n) is 12.0. The van der Waals surface area contributed by atoms with Crippen LogP contribution in [0.15, 0.2) is 24.3 Å². The topological polar surface area (TPSA) is 48.1 Å². The largest absolute Gasteiger partial charge is 0.464 e. The first-order chi connectivity index (χ1) is 9.70. The van der Waals surface area contributed by atoms with Gasteiger partial charge in [0.2, 0.25) is 5.60 Å². The standard InChI is InChI=1S/C16H20O4/c1-3-9-15(14(17)19-4-2)16(20-15)11-18-10-12-7-5-6-8-13(12)16/h5-8H,3-4,9-11H2,1-2H3. The molecule has 1 spiro atoms. The maximum absolute atomic E-state index is 12.4. The third-order valence-corrected chi connectivity index (χ3v) is 4.18. The average Bonchev–Trinajstić information content (AvgIpc) is 3.09. The van der Waals surface area contributed by atoms with Gasteiger partial charge < -0.3 is 14.2 Å². The highest BCUT2D eigenvalue weighted by atomic mass is 16.7. The lowest BCUT2D eigenvalue weighted by Crippen LogP contribution is -2.39. The van der Waals surface area contributed by atoms with Gasteiger partial charge in [-0.1, -0.05) is 37.6 Å². The monoisotopic (exact) mass is 276 g/mol. The number of ether oxygens (including phenoxy) is 3. The summed E-state index contributed by atoms with van der Waals surface area (Å²) in [6, 6.07) is 8.03. The van der Waals surface area contributed by atoms with Crippen molar-refractivity contribution in [3.8, 4) is 0 Å². The predicted octanol–water partition coefficient (Wildman–Crippen LogP) is 2.54. The van der Waals surface area contributed by atoms with Crippen LogP contribution >= 0.6 is 0 Å². The molecule has 1 saturated heterocycles. The number of epoxide rings is 1. The summed E-state index contributed by atoms with van der Waals surface area (Å²) in [5, 5.41) is 0. The van der Waals surface area contributed by atoms with Gasteiger partial charge in [-0.15, -0.1) is 0 Å². The van der Waals surface area contributed by atoms with Crippen molar-refractivity contribution in [1.82, 2.24) is 0 Å². The van der Waals surface area contributed by atoms with E-state index in [1.54, 1.807) is 0 Å². The van der Waals surface area contributed by atoms with Crippen LogP contribution in [0.1, 0.15) is 37.8 Å². The number of rotatable bonds is 4. The van der Waals surface area contributed by atoms with Gasteiger partial charge in [0.15, 0.2) is 5.60 Å². The van der Waals surface area contributed by atoms with Crippen LogP contribution in [0.3, 0.4) is 0 Å². The van der Waals surface area contributed by atoms with Gasteiger partial charge in [-0.05, 0) is 24.5 Å². The Hall–Kier alpha value is -1.39. The molecule has 1 aromatic rings. The Morgan fingerprint density at radius 2 is 2.15 bits per heavy atom. The molecule has 2 unspecified atom stereocenters. The molecule has 0 radical (unpaired) electrons. The van der Waals surface area contributed by atoms with E-state index < -0.39 is 11.2 Å². The van der Waals surface area contributed by atoms with E-state index in [1.807, 2.05) is 38.1 Å². The molecule has 2 aliphatic rings. The van der Waals surface area contributed by atoms with E-state index in [2.05, 4.69) is 0 Å². The average molecular weight is 276 g/mol. The molecule has 3 rings (SSSR count). The molecular formula is C16H20O4. The normalized spacial score (nSPS) is 30.9. The van der Waals surface area contributed by atoms with Gasteiger partial charge >= 0.3 is 5.97 Å². The second kappa shape index (κ2) is 4.86. The van der Waals surface area contributed by atoms with Gasteiger partial charge in [-0.25, -0.2) is 4.79 Å². The molecule has 108 valence electrons. The van der Waals surface area contributed by atoms with E-state index in [9.17, 15) is 4.79 Å². The summed E-state index contributed by atoms with van der Waals surface area (Å²) >= 11 is 0. The highest BCUT2D eigenvalue weighted by Crippen LogP contribution is 2.61. The van der Waals surface area contributed by atoms with Crippen molar-refractivity contribution in [3.05, 3.63) is 35.4 Å². The van der Waals surface area contributed by atoms with Crippen molar-refractivity contribution in [2.75, 3.05) is 13.2 Å². The summed E-state index contributed by atoms with van der Waals surface area (Å²) in [6.45, 7) is 5.23. The van der Waals surface area contributed by atoms with Gasteiger partial charge in [0.1, 0.15) is 0 Å². The third-order valence-electron chi connectivity index (χ3n) is 4.18. The Morgan fingerprint density at radius 1 is 1.35 bits per heavy atom. The maximum atomic E-state index is 12.4. The number of carbonyl (C=O) groups excluding carboxylic acids is 1. The van der Waals surface area contributed by atoms with Crippen molar-refractivity contribution in [1.29, 1.82) is 0 Å². The predicted molar refractivity (Wildman–Crippen MR) is 73.1 cm³/mol. The Labute approximate surface area is 119 Å². The van der Waals surface area contributed by atoms with Crippen molar-refractivity contribution in [2.24, 2.45) is 0 Å². The minimum absolute atomic E-state index is 0.262. The first-order valence-electron chi connectivity index (χ1n) is 7.23. The molecule has 2 heterocycles. The SMILES string of the molecule is CCCC1(C(=O)OCC)OC12COCc1ccccc12. The van der Waals surface area contributed by atoms with E-state index in [0.717, 1.165) is 17.5 Å². The highest BCUT2D eigenvalue weighted by Gasteiger charge is 2.77. The minimum atomic E-state index is -0.867. The molecule has 20 heavy (non-hydrogen) atoms. The number of carbonyl (C=O) groups is 1. The molecule has 1 fully saturated rings. The Balaban J connectivity index is 2.00. The molecule has 0 aliphatic carbocycles. The lowest BCUT2D eigenvalue weighted by Gasteiger charge is -2.26. The van der Waals surface area contributed by atoms with Crippen LogP contribution in [-0.2, 0) is 31.2 Å². The van der Waals surface area contributed by atoms with Crippen LogP contribution in [0.2, 0.25) is 0 Å². The Morgan fingerprint density at radius 3 is 2.90 bits per heavy atom. The quantitative estimate of drug-likeness (QED) is 0.626. The first-order valence-corrected chi connectivity index (χ1v) is 7.23. The van der Waals surface area contributed by atoms with E-state index in [4.69, 9.17) is 14.2 Å². The Bertz CT molecular complexity index is 527. The first kappa shape index (κ1) is 13.6. The van der Waals surface area contributed by atoms with E-state index >= 15 is 0 Å². The molecule has 1 aromatic carbocycles. The molecule has 4 heteroatoms. The fourth-order valence-corrected chi connectivity index (χ4v) is 3.27. The van der Waals surface area contributed by atoms with Crippen molar-refractivity contribution < 1.29 is 19.0 Å². The molecule has 0 aromatic heterocycles. The second-order valence-electron chi connectivity index (χ2n) is 5.38. The fourth-order valence-electron chi connectivity index (χ4n) is 3.27. The van der Waals surface area contributed by atoms with Gasteiger partial charge in [-0.3, -0.25) is 0 Å². The van der Waals surface area contributed by atoms with Crippen LogP contribution < -0.4 is 0 Å². The summed E-state index contributed by atoms with van der Waals surface area (Å²) in [7, 11) is 0. The van der Waals surface area contributed by atoms with Gasteiger partial charge in [-0.2, -0.15) is 0 Å². The lowest BCUT2D eigenvalue weighted by molar-refractivity contribution is -0.150. The summed E-state index contributed by atoms with van der Waals surface area (Å²) in [4.78, 5) is 12.4. The van der Waals surface area contributed by atoms with Crippen molar-refractivity contribution in [2.45, 2.75) is 44.5 Å². The molecular weight excluding hydrogens is 256 g/mol. The smallest absolute Gasteiger partial charge is 0.341 e. The van der Waals surface area contributed by atoms with Gasteiger partial charge in [0, 0.05) is 0 Å². The summed E-state index contributed by atoms with van der Waals surface area (Å²) in [5.41, 5.74) is 0.659. The molecule has 0 amide bonds. The maximum Gasteiger partial charge on any atom is 0.341 e. The zero-order chi connectivity index (χ0) is 14.2. The number of esters is 1. The van der Waals surface area contributed by atoms with E-state index in [0.29, 0.717) is 26.2 Å². The zero-order valence-corrected chi connectivity index (χ0v) is 12.0. The van der Waals surface area contributed by atoms with Gasteiger partial charge in [0.25, 0.3) is 0 Å². The van der Waals surface area contributed by atoms with Gasteiger partial charge in [0.05, 0.1) is 19.8 Å². The van der Waals surface area contributed by atoms with E-state index in [1.165, 1.54) is 0 Å². The van der Waals surface area contributed by atoms with Crippen LogP contribution in [-0.4, -0.2) is 24.8 Å². The number of hydrogen-bond donors (Lipinski definition) is 0. The number of fused-ring (bicyclic) bond motifs is 2. The van der Waals surface area contributed by atoms with Crippen LogP contribution in [0.25, 0.3) is 0 Å². The van der Waals surface area contributed by atoms with Crippen molar-refractivity contribution >= 4 is 5.97 Å². The molecule has 2 atom stereocenters. The molecule has 0 N–H and O–H groups in total. The van der Waals surface area contributed by atoms with E-state index in [-0.39, 0.29) is 5.97 Å².